The van der Waals surface area contributed by atoms with Crippen molar-refractivity contribution >= 4 is 5.97 Å². The van der Waals surface area contributed by atoms with Crippen LogP contribution in [0, 0.1) is 16.6 Å². The van der Waals surface area contributed by atoms with E-state index < -0.39 is 5.97 Å². The third-order valence-electron chi connectivity index (χ3n) is 8.64. The van der Waals surface area contributed by atoms with E-state index in [9.17, 15) is 9.90 Å². The lowest BCUT2D eigenvalue weighted by atomic mass is 9.77. The summed E-state index contributed by atoms with van der Waals surface area (Å²) in [7, 11) is 3.26. The highest BCUT2D eigenvalue weighted by molar-refractivity contribution is 5.71. The zero-order valence-electron chi connectivity index (χ0n) is 24.4. The van der Waals surface area contributed by atoms with Gasteiger partial charge in [0.05, 0.1) is 19.6 Å². The maximum absolute atomic E-state index is 15.1. The van der Waals surface area contributed by atoms with Gasteiger partial charge in [-0.15, -0.1) is 0 Å². The van der Waals surface area contributed by atoms with Gasteiger partial charge in [0, 0.05) is 12.7 Å². The number of benzene rings is 3. The highest BCUT2D eigenvalue weighted by Gasteiger charge is 2.46. The Morgan fingerprint density at radius 1 is 1.02 bits per heavy atom. The summed E-state index contributed by atoms with van der Waals surface area (Å²) in [5, 5.41) is 9.50. The van der Waals surface area contributed by atoms with Crippen molar-refractivity contribution in [3.8, 4) is 22.6 Å². The molecule has 1 N–H and O–H groups in total. The summed E-state index contributed by atoms with van der Waals surface area (Å²) in [6.07, 6.45) is 2.77. The molecule has 3 aromatic carbocycles. The molecule has 0 unspecified atom stereocenters. The molecule has 0 bridgehead atoms. The normalized spacial score (nSPS) is 15.8. The van der Waals surface area contributed by atoms with E-state index in [1.165, 1.54) is 6.07 Å². The smallest absolute Gasteiger partial charge is 0.303 e. The van der Waals surface area contributed by atoms with E-state index in [0.29, 0.717) is 23.7 Å². The second kappa shape index (κ2) is 12.0. The van der Waals surface area contributed by atoms with Gasteiger partial charge in [-0.25, -0.2) is 4.39 Å². The zero-order chi connectivity index (χ0) is 29.1. The molecule has 0 saturated heterocycles. The molecule has 0 spiro atoms. The van der Waals surface area contributed by atoms with E-state index in [4.69, 9.17) is 14.2 Å². The molecule has 4 rings (SSSR count). The van der Waals surface area contributed by atoms with E-state index in [1.807, 2.05) is 42.5 Å². The number of carboxylic acids is 1. The molecule has 1 saturated carbocycles. The number of carboxylic acid groups (broad SMARTS) is 1. The molecule has 2 atom stereocenters. The van der Waals surface area contributed by atoms with Gasteiger partial charge in [-0.3, -0.25) is 4.79 Å². The first-order valence-electron chi connectivity index (χ1n) is 14.0. The van der Waals surface area contributed by atoms with Gasteiger partial charge in [0.15, 0.2) is 0 Å². The minimum absolute atomic E-state index is 0.0262. The van der Waals surface area contributed by atoms with Crippen LogP contribution in [0.5, 0.6) is 11.5 Å². The summed E-state index contributed by atoms with van der Waals surface area (Å²) in [6.45, 7) is 8.88. The van der Waals surface area contributed by atoms with Crippen molar-refractivity contribution in [2.75, 3.05) is 14.2 Å². The molecule has 40 heavy (non-hydrogen) atoms. The van der Waals surface area contributed by atoms with Gasteiger partial charge in [0.2, 0.25) is 0 Å². The molecular formula is C34H41FO5. The van der Waals surface area contributed by atoms with Gasteiger partial charge in [0.1, 0.15) is 23.9 Å². The van der Waals surface area contributed by atoms with Crippen LogP contribution in [0.15, 0.2) is 60.7 Å². The van der Waals surface area contributed by atoms with Crippen molar-refractivity contribution in [3.05, 3.63) is 83.2 Å². The number of rotatable bonds is 13. The molecule has 0 amide bonds. The van der Waals surface area contributed by atoms with E-state index in [0.717, 1.165) is 41.5 Å². The maximum atomic E-state index is 15.1. The molecule has 1 fully saturated rings. The molecule has 0 aromatic heterocycles. The van der Waals surface area contributed by atoms with Crippen LogP contribution in [0.25, 0.3) is 11.1 Å². The van der Waals surface area contributed by atoms with Crippen molar-refractivity contribution in [1.29, 1.82) is 0 Å². The summed E-state index contributed by atoms with van der Waals surface area (Å²) in [5.41, 5.74) is 3.85. The van der Waals surface area contributed by atoms with Crippen molar-refractivity contribution < 1.29 is 28.5 Å². The summed E-state index contributed by atoms with van der Waals surface area (Å²) in [4.78, 5) is 11.6. The molecule has 0 aliphatic heterocycles. The minimum atomic E-state index is -0.785. The molecule has 1 aliphatic carbocycles. The lowest BCUT2D eigenvalue weighted by Crippen LogP contribution is -2.24. The minimum Gasteiger partial charge on any atom is -0.497 e. The highest BCUT2D eigenvalue weighted by atomic mass is 19.1. The average molecular weight is 549 g/mol. The number of aliphatic carboxylic acids is 1. The number of halogens is 1. The second-order valence-electron chi connectivity index (χ2n) is 11.9. The number of hydrogen-bond donors (Lipinski definition) is 1. The Hall–Kier alpha value is -3.38. The van der Waals surface area contributed by atoms with Crippen LogP contribution in [0.2, 0.25) is 0 Å². The van der Waals surface area contributed by atoms with E-state index in [2.05, 4.69) is 27.7 Å². The lowest BCUT2D eigenvalue weighted by Gasteiger charge is -2.34. The van der Waals surface area contributed by atoms with Gasteiger partial charge in [-0.1, -0.05) is 52.0 Å². The van der Waals surface area contributed by atoms with Crippen molar-refractivity contribution in [2.45, 2.75) is 72.0 Å². The summed E-state index contributed by atoms with van der Waals surface area (Å²) >= 11 is 0. The lowest BCUT2D eigenvalue weighted by molar-refractivity contribution is -0.137. The van der Waals surface area contributed by atoms with Crippen LogP contribution in [-0.2, 0) is 16.1 Å². The Bertz CT molecular complexity index is 1340. The second-order valence-corrected chi connectivity index (χ2v) is 11.9. The largest absolute Gasteiger partial charge is 0.497 e. The number of methoxy groups -OCH3 is 2. The van der Waals surface area contributed by atoms with Gasteiger partial charge in [-0.05, 0) is 94.7 Å². The highest BCUT2D eigenvalue weighted by Crippen LogP contribution is 2.57. The van der Waals surface area contributed by atoms with Gasteiger partial charge < -0.3 is 19.3 Å². The SMILES string of the molecule is CCC(C)(C)[C@H](OC)c1cc(COc2cccc([C@@H](CC(=O)O)C3(C)CC3)c2)ccc1-c1cc(OC)ccc1F. The Kier molecular flexibility index (Phi) is 8.89. The van der Waals surface area contributed by atoms with Crippen molar-refractivity contribution in [2.24, 2.45) is 10.8 Å². The van der Waals surface area contributed by atoms with Crippen LogP contribution < -0.4 is 9.47 Å². The first kappa shape index (κ1) is 29.6. The Labute approximate surface area is 237 Å². The third-order valence-corrected chi connectivity index (χ3v) is 8.64. The summed E-state index contributed by atoms with van der Waals surface area (Å²) in [5.74, 6) is 0.119. The van der Waals surface area contributed by atoms with Crippen molar-refractivity contribution in [1.82, 2.24) is 0 Å². The molecule has 0 heterocycles. The molecule has 5 nitrogen and oxygen atoms in total. The monoisotopic (exact) mass is 548 g/mol. The molecule has 1 aliphatic rings. The fourth-order valence-electron chi connectivity index (χ4n) is 5.53. The molecular weight excluding hydrogens is 507 g/mol. The third kappa shape index (κ3) is 6.49. The summed E-state index contributed by atoms with van der Waals surface area (Å²) in [6, 6.07) is 18.5. The number of carbonyl (C=O) groups is 1. The Balaban J connectivity index is 1.66. The maximum Gasteiger partial charge on any atom is 0.303 e. The van der Waals surface area contributed by atoms with Crippen LogP contribution >= 0.6 is 0 Å². The predicted molar refractivity (Wildman–Crippen MR) is 155 cm³/mol. The van der Waals surface area contributed by atoms with Crippen LogP contribution in [0.4, 0.5) is 4.39 Å². The van der Waals surface area contributed by atoms with Gasteiger partial charge >= 0.3 is 5.97 Å². The fourth-order valence-corrected chi connectivity index (χ4v) is 5.53. The van der Waals surface area contributed by atoms with Crippen LogP contribution in [0.1, 0.15) is 82.1 Å². The molecule has 214 valence electrons. The number of hydrogen-bond acceptors (Lipinski definition) is 4. The molecule has 6 heteroatoms. The van der Waals surface area contributed by atoms with E-state index in [-0.39, 0.29) is 35.1 Å². The Morgan fingerprint density at radius 3 is 2.40 bits per heavy atom. The first-order chi connectivity index (χ1) is 19.0. The standard InChI is InChI=1S/C34H41FO5/c1-7-33(2,3)32(39-6)28-17-22(11-13-26(28)27-19-24(38-5)12-14-30(27)35)21-40-25-10-8-9-23(18-25)29(20-31(36)37)34(4)15-16-34/h8-14,17-19,29,32H,7,15-16,20-21H2,1-6H3,(H,36,37)/t29-,32-/m1/s1. The van der Waals surface area contributed by atoms with Gasteiger partial charge in [0.25, 0.3) is 0 Å². The number of ether oxygens (including phenoxy) is 3. The van der Waals surface area contributed by atoms with Gasteiger partial charge in [-0.2, -0.15) is 0 Å². The first-order valence-corrected chi connectivity index (χ1v) is 14.0. The molecule has 0 radical (unpaired) electrons. The predicted octanol–water partition coefficient (Wildman–Crippen LogP) is 8.56. The van der Waals surface area contributed by atoms with E-state index in [1.54, 1.807) is 26.4 Å². The topological polar surface area (TPSA) is 65.0 Å². The Morgan fingerprint density at radius 2 is 1.77 bits per heavy atom. The van der Waals surface area contributed by atoms with Crippen LogP contribution in [0.3, 0.4) is 0 Å². The fraction of sp³-hybridized carbons (Fsp3) is 0.441. The zero-order valence-corrected chi connectivity index (χ0v) is 24.4. The summed E-state index contributed by atoms with van der Waals surface area (Å²) < 4.78 is 32.7. The van der Waals surface area contributed by atoms with Crippen molar-refractivity contribution in [3.63, 3.8) is 0 Å². The van der Waals surface area contributed by atoms with Crippen LogP contribution in [-0.4, -0.2) is 25.3 Å². The quantitative estimate of drug-likeness (QED) is 0.232. The average Bonchev–Trinajstić information content (AvgIpc) is 3.69. The molecule has 3 aromatic rings. The van der Waals surface area contributed by atoms with E-state index >= 15 is 4.39 Å².